The molecule has 1 saturated heterocycles. The van der Waals surface area contributed by atoms with Gasteiger partial charge in [-0.15, -0.1) is 25.6 Å². The lowest BCUT2D eigenvalue weighted by Crippen LogP contribution is -2.46. The first-order valence-electron chi connectivity index (χ1n) is 6.86. The molecule has 1 rings (SSSR count). The molecule has 0 spiro atoms. The minimum Gasteiger partial charge on any atom is -0.342 e. The number of allylic oxidation sites excluding steroid dienone is 2. The fourth-order valence-corrected chi connectivity index (χ4v) is 2.60. The first-order chi connectivity index (χ1) is 8.60. The van der Waals surface area contributed by atoms with Crippen molar-refractivity contribution < 1.29 is 4.79 Å². The van der Waals surface area contributed by atoms with Crippen molar-refractivity contribution in [2.75, 3.05) is 13.1 Å². The Morgan fingerprint density at radius 2 is 2.00 bits per heavy atom. The van der Waals surface area contributed by atoms with Gasteiger partial charge < -0.3 is 10.6 Å². The zero-order valence-electron chi connectivity index (χ0n) is 11.9. The number of hydrogen-bond acceptors (Lipinski definition) is 2. The zero-order chi connectivity index (χ0) is 13.5. The number of nitrogens with two attached hydrogens (primary N) is 1. The molecule has 110 valence electrons. The Bertz CT molecular complexity index is 295. The number of likely N-dealkylation sites (tertiary alicyclic amines) is 1. The van der Waals surface area contributed by atoms with Gasteiger partial charge in [0.15, 0.2) is 0 Å². The molecule has 2 unspecified atom stereocenters. The van der Waals surface area contributed by atoms with E-state index < -0.39 is 0 Å². The van der Waals surface area contributed by atoms with Crippen molar-refractivity contribution in [3.63, 3.8) is 0 Å². The molecule has 19 heavy (non-hydrogen) atoms. The van der Waals surface area contributed by atoms with Crippen molar-refractivity contribution >= 4 is 18.3 Å². The number of nitrogens with zero attached hydrogens (tertiary/aromatic N) is 1. The van der Waals surface area contributed by atoms with Gasteiger partial charge in [-0.3, -0.25) is 4.79 Å². The van der Waals surface area contributed by atoms with Crippen LogP contribution in [0.25, 0.3) is 0 Å². The van der Waals surface area contributed by atoms with Crippen LogP contribution in [0.2, 0.25) is 0 Å². The normalized spacial score (nSPS) is 20.6. The molecule has 3 nitrogen and oxygen atoms in total. The van der Waals surface area contributed by atoms with Gasteiger partial charge in [-0.1, -0.05) is 12.2 Å². The van der Waals surface area contributed by atoms with Gasteiger partial charge in [0.05, 0.1) is 0 Å². The van der Waals surface area contributed by atoms with E-state index in [1.807, 2.05) is 24.0 Å². The van der Waals surface area contributed by atoms with Crippen molar-refractivity contribution in [3.8, 4) is 0 Å². The molecule has 2 atom stereocenters. The molecule has 0 aliphatic carbocycles. The largest absolute Gasteiger partial charge is 0.342 e. The second-order valence-corrected chi connectivity index (χ2v) is 5.29. The number of carbonyl (C=O) groups excluding carboxylic acids is 1. The van der Waals surface area contributed by atoms with E-state index in [0.717, 1.165) is 38.8 Å². The van der Waals surface area contributed by atoms with Gasteiger partial charge in [0.2, 0.25) is 5.91 Å². The Labute approximate surface area is 123 Å². The van der Waals surface area contributed by atoms with Gasteiger partial charge in [-0.05, 0) is 38.5 Å². The molecular weight excluding hydrogens is 260 g/mol. The SMILES string of the molecule is C=CCC(CC=C)C(=O)N1CCCC(C(C)N)C1.Cl. The average molecular weight is 287 g/mol. The molecule has 0 aromatic rings. The van der Waals surface area contributed by atoms with Crippen molar-refractivity contribution in [1.29, 1.82) is 0 Å². The molecule has 1 fully saturated rings. The molecule has 1 heterocycles. The molecule has 0 saturated carbocycles. The Balaban J connectivity index is 0.00000324. The van der Waals surface area contributed by atoms with Crippen LogP contribution in [-0.2, 0) is 4.79 Å². The van der Waals surface area contributed by atoms with Crippen LogP contribution in [0.4, 0.5) is 0 Å². The molecule has 1 aliphatic rings. The van der Waals surface area contributed by atoms with Crippen LogP contribution in [0.1, 0.15) is 32.6 Å². The number of rotatable bonds is 6. The summed E-state index contributed by atoms with van der Waals surface area (Å²) in [6, 6.07) is 0.165. The van der Waals surface area contributed by atoms with Crippen LogP contribution in [0.15, 0.2) is 25.3 Å². The summed E-state index contributed by atoms with van der Waals surface area (Å²) >= 11 is 0. The topological polar surface area (TPSA) is 46.3 Å². The fourth-order valence-electron chi connectivity index (χ4n) is 2.60. The molecule has 0 aromatic carbocycles. The number of halogens is 1. The van der Waals surface area contributed by atoms with Crippen LogP contribution < -0.4 is 5.73 Å². The predicted molar refractivity (Wildman–Crippen MR) is 83.3 cm³/mol. The van der Waals surface area contributed by atoms with Crippen LogP contribution in [0, 0.1) is 11.8 Å². The minimum absolute atomic E-state index is 0. The molecule has 0 bridgehead atoms. The van der Waals surface area contributed by atoms with Gasteiger partial charge in [0.25, 0.3) is 0 Å². The van der Waals surface area contributed by atoms with E-state index in [4.69, 9.17) is 5.73 Å². The lowest BCUT2D eigenvalue weighted by molar-refractivity contribution is -0.137. The summed E-state index contributed by atoms with van der Waals surface area (Å²) in [7, 11) is 0. The van der Waals surface area contributed by atoms with Crippen LogP contribution in [0.3, 0.4) is 0 Å². The highest BCUT2D eigenvalue weighted by atomic mass is 35.5. The first kappa shape index (κ1) is 18.2. The van der Waals surface area contributed by atoms with E-state index in [1.54, 1.807) is 0 Å². The highest BCUT2D eigenvalue weighted by molar-refractivity contribution is 5.85. The van der Waals surface area contributed by atoms with Crippen LogP contribution in [0.5, 0.6) is 0 Å². The van der Waals surface area contributed by atoms with Gasteiger partial charge >= 0.3 is 0 Å². The number of hydrogen-bond donors (Lipinski definition) is 1. The summed E-state index contributed by atoms with van der Waals surface area (Å²) in [6.07, 6.45) is 7.29. The third-order valence-electron chi connectivity index (χ3n) is 3.76. The fraction of sp³-hybridized carbons (Fsp3) is 0.667. The van der Waals surface area contributed by atoms with Gasteiger partial charge in [0.1, 0.15) is 0 Å². The second-order valence-electron chi connectivity index (χ2n) is 5.29. The van der Waals surface area contributed by atoms with Crippen molar-refractivity contribution in [2.24, 2.45) is 17.6 Å². The van der Waals surface area contributed by atoms with E-state index in [0.29, 0.717) is 5.92 Å². The third-order valence-corrected chi connectivity index (χ3v) is 3.76. The van der Waals surface area contributed by atoms with E-state index in [9.17, 15) is 4.79 Å². The number of piperidine rings is 1. The Kier molecular flexibility index (Phi) is 8.77. The Hall–Kier alpha value is -0.800. The second kappa shape index (κ2) is 9.16. The lowest BCUT2D eigenvalue weighted by atomic mass is 9.90. The van der Waals surface area contributed by atoms with Gasteiger partial charge in [-0.25, -0.2) is 0 Å². The van der Waals surface area contributed by atoms with Gasteiger partial charge in [0, 0.05) is 25.0 Å². The van der Waals surface area contributed by atoms with Crippen molar-refractivity contribution in [3.05, 3.63) is 25.3 Å². The maximum Gasteiger partial charge on any atom is 0.226 e. The van der Waals surface area contributed by atoms with E-state index >= 15 is 0 Å². The molecular formula is C15H27ClN2O. The first-order valence-corrected chi connectivity index (χ1v) is 6.86. The van der Waals surface area contributed by atoms with E-state index in [2.05, 4.69) is 13.2 Å². The predicted octanol–water partition coefficient (Wildman–Crippen LogP) is 2.76. The molecule has 0 aromatic heterocycles. The lowest BCUT2D eigenvalue weighted by Gasteiger charge is -2.36. The molecule has 0 radical (unpaired) electrons. The standard InChI is InChI=1S/C15H26N2O.ClH/c1-4-7-13(8-5-2)15(18)17-10-6-9-14(11-17)12(3)16;/h4-5,12-14H,1-2,6-11,16H2,3H3;1H. The maximum absolute atomic E-state index is 12.4. The summed E-state index contributed by atoms with van der Waals surface area (Å²) in [4.78, 5) is 14.4. The highest BCUT2D eigenvalue weighted by Gasteiger charge is 2.28. The van der Waals surface area contributed by atoms with E-state index in [1.165, 1.54) is 0 Å². The molecule has 2 N–H and O–H groups in total. The Morgan fingerprint density at radius 1 is 1.42 bits per heavy atom. The molecule has 1 aliphatic heterocycles. The summed E-state index contributed by atoms with van der Waals surface area (Å²) in [6.45, 7) is 11.2. The summed E-state index contributed by atoms with van der Waals surface area (Å²) in [5.41, 5.74) is 5.95. The van der Waals surface area contributed by atoms with Crippen LogP contribution >= 0.6 is 12.4 Å². The van der Waals surface area contributed by atoms with E-state index in [-0.39, 0.29) is 30.3 Å². The zero-order valence-corrected chi connectivity index (χ0v) is 12.7. The smallest absolute Gasteiger partial charge is 0.226 e. The molecule has 4 heteroatoms. The summed E-state index contributed by atoms with van der Waals surface area (Å²) in [5.74, 6) is 0.683. The monoisotopic (exact) mass is 286 g/mol. The number of amides is 1. The average Bonchev–Trinajstić information content (AvgIpc) is 2.38. The number of carbonyl (C=O) groups is 1. The maximum atomic E-state index is 12.4. The minimum atomic E-state index is 0. The van der Waals surface area contributed by atoms with Crippen molar-refractivity contribution in [1.82, 2.24) is 4.90 Å². The van der Waals surface area contributed by atoms with Crippen molar-refractivity contribution in [2.45, 2.75) is 38.6 Å². The Morgan fingerprint density at radius 3 is 2.47 bits per heavy atom. The quantitative estimate of drug-likeness (QED) is 0.763. The highest BCUT2D eigenvalue weighted by Crippen LogP contribution is 2.22. The van der Waals surface area contributed by atoms with Gasteiger partial charge in [-0.2, -0.15) is 0 Å². The third kappa shape index (κ3) is 5.37. The summed E-state index contributed by atoms with van der Waals surface area (Å²) < 4.78 is 0. The molecule has 1 amide bonds. The summed E-state index contributed by atoms with van der Waals surface area (Å²) in [5, 5.41) is 0. The van der Waals surface area contributed by atoms with Crippen LogP contribution in [-0.4, -0.2) is 29.9 Å².